The Bertz CT molecular complexity index is 356. The summed E-state index contributed by atoms with van der Waals surface area (Å²) in [7, 11) is 3.21. The van der Waals surface area contributed by atoms with Crippen molar-refractivity contribution in [3.63, 3.8) is 0 Å². The maximum atomic E-state index is 10.5. The monoisotopic (exact) mass is 224 g/mol. The number of rotatable bonds is 4. The first-order chi connectivity index (χ1) is 7.43. The van der Waals surface area contributed by atoms with E-state index in [4.69, 9.17) is 9.47 Å². The molecule has 3 nitrogen and oxygen atoms in total. The summed E-state index contributed by atoms with van der Waals surface area (Å²) < 4.78 is 10.4. The topological polar surface area (TPSA) is 38.7 Å². The van der Waals surface area contributed by atoms with E-state index in [-0.39, 0.29) is 5.92 Å². The molecule has 16 heavy (non-hydrogen) atoms. The minimum absolute atomic E-state index is 0.0912. The van der Waals surface area contributed by atoms with Crippen molar-refractivity contribution in [3.8, 4) is 11.5 Å². The maximum absolute atomic E-state index is 10.5. The van der Waals surface area contributed by atoms with E-state index in [0.717, 1.165) is 11.3 Å². The van der Waals surface area contributed by atoms with Gasteiger partial charge in [0.1, 0.15) is 11.5 Å². The molecule has 90 valence electrons. The molecule has 0 aliphatic heterocycles. The number of benzene rings is 1. The van der Waals surface area contributed by atoms with E-state index in [2.05, 4.69) is 0 Å². The van der Waals surface area contributed by atoms with Gasteiger partial charge in [0.2, 0.25) is 0 Å². The van der Waals surface area contributed by atoms with Crippen LogP contribution in [0.15, 0.2) is 18.2 Å². The SMILES string of the molecule is COc1ccc(OC)c(C(C)(O)C(C)C)c1. The molecule has 0 aromatic heterocycles. The Morgan fingerprint density at radius 2 is 1.81 bits per heavy atom. The average Bonchev–Trinajstić information content (AvgIpc) is 2.27. The molecular weight excluding hydrogens is 204 g/mol. The number of methoxy groups -OCH3 is 2. The molecule has 0 amide bonds. The first kappa shape index (κ1) is 12.8. The lowest BCUT2D eigenvalue weighted by Crippen LogP contribution is -2.28. The van der Waals surface area contributed by atoms with E-state index in [1.807, 2.05) is 32.0 Å². The Balaban J connectivity index is 3.28. The molecule has 1 aromatic rings. The first-order valence-corrected chi connectivity index (χ1v) is 5.38. The molecule has 0 aliphatic carbocycles. The minimum Gasteiger partial charge on any atom is -0.497 e. The van der Waals surface area contributed by atoms with E-state index in [1.165, 1.54) is 0 Å². The Morgan fingerprint density at radius 3 is 2.25 bits per heavy atom. The average molecular weight is 224 g/mol. The third-order valence-electron chi connectivity index (χ3n) is 3.08. The number of aliphatic hydroxyl groups is 1. The molecule has 0 saturated heterocycles. The Kier molecular flexibility index (Phi) is 3.81. The standard InChI is InChI=1S/C13H20O3/c1-9(2)13(3,14)11-8-10(15-4)6-7-12(11)16-5/h6-9,14H,1-5H3. The molecule has 1 aromatic carbocycles. The van der Waals surface area contributed by atoms with Crippen LogP contribution in [0.1, 0.15) is 26.3 Å². The molecule has 3 heteroatoms. The van der Waals surface area contributed by atoms with E-state index < -0.39 is 5.60 Å². The first-order valence-electron chi connectivity index (χ1n) is 5.38. The van der Waals surface area contributed by atoms with Gasteiger partial charge in [0.25, 0.3) is 0 Å². The molecule has 0 saturated carbocycles. The zero-order valence-electron chi connectivity index (χ0n) is 10.6. The fraction of sp³-hybridized carbons (Fsp3) is 0.538. The Hall–Kier alpha value is -1.22. The molecule has 1 rings (SSSR count). The quantitative estimate of drug-likeness (QED) is 0.854. The molecule has 0 aliphatic rings. The fourth-order valence-corrected chi connectivity index (χ4v) is 1.52. The summed E-state index contributed by atoms with van der Waals surface area (Å²) in [5.74, 6) is 1.49. The highest BCUT2D eigenvalue weighted by molar-refractivity contribution is 5.43. The van der Waals surface area contributed by atoms with Crippen molar-refractivity contribution in [2.75, 3.05) is 14.2 Å². The van der Waals surface area contributed by atoms with Crippen LogP contribution in [-0.4, -0.2) is 19.3 Å². The van der Waals surface area contributed by atoms with E-state index in [0.29, 0.717) is 5.75 Å². The van der Waals surface area contributed by atoms with Crippen molar-refractivity contribution >= 4 is 0 Å². The van der Waals surface area contributed by atoms with Gasteiger partial charge in [-0.3, -0.25) is 0 Å². The maximum Gasteiger partial charge on any atom is 0.125 e. The van der Waals surface area contributed by atoms with Crippen LogP contribution in [0.3, 0.4) is 0 Å². The Morgan fingerprint density at radius 1 is 1.19 bits per heavy atom. The highest BCUT2D eigenvalue weighted by Crippen LogP contribution is 2.37. The van der Waals surface area contributed by atoms with Gasteiger partial charge in [0.15, 0.2) is 0 Å². The van der Waals surface area contributed by atoms with Crippen molar-refractivity contribution in [1.82, 2.24) is 0 Å². The van der Waals surface area contributed by atoms with Crippen molar-refractivity contribution in [3.05, 3.63) is 23.8 Å². The largest absolute Gasteiger partial charge is 0.497 e. The summed E-state index contributed by atoms with van der Waals surface area (Å²) in [4.78, 5) is 0. The van der Waals surface area contributed by atoms with Crippen LogP contribution in [0, 0.1) is 5.92 Å². The van der Waals surface area contributed by atoms with E-state index in [9.17, 15) is 5.11 Å². The predicted octanol–water partition coefficient (Wildman–Crippen LogP) is 2.57. The highest BCUT2D eigenvalue weighted by atomic mass is 16.5. The molecule has 0 fully saturated rings. The van der Waals surface area contributed by atoms with Crippen molar-refractivity contribution in [2.24, 2.45) is 5.92 Å². The van der Waals surface area contributed by atoms with Gasteiger partial charge < -0.3 is 14.6 Å². The smallest absolute Gasteiger partial charge is 0.125 e. The molecule has 0 bridgehead atoms. The zero-order valence-corrected chi connectivity index (χ0v) is 10.6. The summed E-state index contributed by atoms with van der Waals surface area (Å²) in [6.45, 7) is 5.73. The van der Waals surface area contributed by atoms with Gasteiger partial charge in [0, 0.05) is 5.56 Å². The normalized spacial score (nSPS) is 14.7. The summed E-state index contributed by atoms with van der Waals surface area (Å²) in [6.07, 6.45) is 0. The molecular formula is C13H20O3. The molecule has 1 atom stereocenters. The van der Waals surface area contributed by atoms with Gasteiger partial charge in [-0.15, -0.1) is 0 Å². The van der Waals surface area contributed by atoms with Crippen LogP contribution in [0.25, 0.3) is 0 Å². The van der Waals surface area contributed by atoms with Crippen molar-refractivity contribution in [1.29, 1.82) is 0 Å². The van der Waals surface area contributed by atoms with Crippen LogP contribution < -0.4 is 9.47 Å². The Labute approximate surface area is 97.0 Å². The minimum atomic E-state index is -0.931. The van der Waals surface area contributed by atoms with Gasteiger partial charge in [0.05, 0.1) is 19.8 Å². The van der Waals surface area contributed by atoms with E-state index in [1.54, 1.807) is 21.1 Å². The number of hydrogen-bond donors (Lipinski definition) is 1. The molecule has 0 spiro atoms. The highest BCUT2D eigenvalue weighted by Gasteiger charge is 2.30. The molecule has 0 heterocycles. The van der Waals surface area contributed by atoms with Crippen molar-refractivity contribution in [2.45, 2.75) is 26.4 Å². The number of hydrogen-bond acceptors (Lipinski definition) is 3. The number of ether oxygens (including phenoxy) is 2. The van der Waals surface area contributed by atoms with Crippen LogP contribution in [0.2, 0.25) is 0 Å². The molecule has 0 radical (unpaired) electrons. The lowest BCUT2D eigenvalue weighted by atomic mass is 9.84. The van der Waals surface area contributed by atoms with Crippen LogP contribution in [0.4, 0.5) is 0 Å². The van der Waals surface area contributed by atoms with Gasteiger partial charge in [-0.1, -0.05) is 13.8 Å². The summed E-state index contributed by atoms with van der Waals surface area (Å²) in [6, 6.07) is 5.45. The second-order valence-electron chi connectivity index (χ2n) is 4.37. The van der Waals surface area contributed by atoms with Gasteiger partial charge in [-0.2, -0.15) is 0 Å². The van der Waals surface area contributed by atoms with Gasteiger partial charge in [-0.05, 0) is 31.0 Å². The summed E-state index contributed by atoms with van der Waals surface area (Å²) in [5.41, 5.74) is -0.177. The van der Waals surface area contributed by atoms with Gasteiger partial charge in [-0.25, -0.2) is 0 Å². The summed E-state index contributed by atoms with van der Waals surface area (Å²) in [5, 5.41) is 10.5. The van der Waals surface area contributed by atoms with Crippen LogP contribution in [-0.2, 0) is 5.60 Å². The van der Waals surface area contributed by atoms with Crippen LogP contribution in [0.5, 0.6) is 11.5 Å². The van der Waals surface area contributed by atoms with Crippen molar-refractivity contribution < 1.29 is 14.6 Å². The molecule has 1 unspecified atom stereocenters. The van der Waals surface area contributed by atoms with Crippen LogP contribution >= 0.6 is 0 Å². The third kappa shape index (κ3) is 2.30. The third-order valence-corrected chi connectivity index (χ3v) is 3.08. The van der Waals surface area contributed by atoms with E-state index >= 15 is 0 Å². The van der Waals surface area contributed by atoms with Gasteiger partial charge >= 0.3 is 0 Å². The second kappa shape index (κ2) is 4.74. The predicted molar refractivity (Wildman–Crippen MR) is 64.0 cm³/mol. The molecule has 1 N–H and O–H groups in total. The second-order valence-corrected chi connectivity index (χ2v) is 4.37. The summed E-state index contributed by atoms with van der Waals surface area (Å²) >= 11 is 0. The zero-order chi connectivity index (χ0) is 12.3. The lowest BCUT2D eigenvalue weighted by molar-refractivity contribution is 0.00677. The fourth-order valence-electron chi connectivity index (χ4n) is 1.52. The lowest BCUT2D eigenvalue weighted by Gasteiger charge is -2.30.